The van der Waals surface area contributed by atoms with Gasteiger partial charge in [-0.3, -0.25) is 0 Å². The smallest absolute Gasteiger partial charge is 0.374 e. The average Bonchev–Trinajstić information content (AvgIpc) is 2.35. The van der Waals surface area contributed by atoms with Crippen molar-refractivity contribution in [1.82, 2.24) is 0 Å². The molecule has 0 aliphatic carbocycles. The second-order valence-corrected chi connectivity index (χ2v) is 6.92. The molecule has 6 heteroatoms. The van der Waals surface area contributed by atoms with Crippen LogP contribution in [-0.4, -0.2) is 28.6 Å². The summed E-state index contributed by atoms with van der Waals surface area (Å²) in [5.74, 6) is -0.319. The number of hydrogen-bond acceptors (Lipinski definition) is 3. The molecule has 0 aliphatic heterocycles. The quantitative estimate of drug-likeness (QED) is 0.687. The number of rotatable bonds is 8. The van der Waals surface area contributed by atoms with Crippen molar-refractivity contribution in [2.24, 2.45) is 0 Å². The Kier molecular flexibility index (Phi) is 6.96. The molecule has 19 heavy (non-hydrogen) atoms. The molecule has 0 aromatic heterocycles. The molecule has 0 bridgehead atoms. The number of hydrogen-bond donors (Lipinski definition) is 0. The lowest BCUT2D eigenvalue weighted by Crippen LogP contribution is -2.48. The van der Waals surface area contributed by atoms with Crippen LogP contribution in [-0.2, 0) is 19.3 Å². The molecule has 0 radical (unpaired) electrons. The minimum Gasteiger partial charge on any atom is -0.374 e. The molecule has 0 aliphatic rings. The Morgan fingerprint density at radius 2 is 1.58 bits per heavy atom. The topological polar surface area (TPSA) is 27.7 Å². The van der Waals surface area contributed by atoms with Crippen LogP contribution in [0, 0.1) is 5.82 Å². The van der Waals surface area contributed by atoms with Gasteiger partial charge in [-0.25, -0.2) is 4.39 Å². The Morgan fingerprint density at radius 1 is 1.05 bits per heavy atom. The van der Waals surface area contributed by atoms with Gasteiger partial charge in [0.05, 0.1) is 0 Å². The van der Waals surface area contributed by atoms with E-state index < -0.39 is 8.80 Å². The Morgan fingerprint density at radius 3 is 2.05 bits per heavy atom. The molecule has 1 rings (SSSR count). The lowest BCUT2D eigenvalue weighted by molar-refractivity contribution is 0.0701. The Bertz CT molecular complexity index is 386. The molecule has 0 amide bonds. The van der Waals surface area contributed by atoms with Crippen LogP contribution in [0.2, 0.25) is 5.02 Å². The van der Waals surface area contributed by atoms with Crippen LogP contribution >= 0.6 is 11.6 Å². The monoisotopic (exact) mass is 306 g/mol. The highest BCUT2D eigenvalue weighted by molar-refractivity contribution is 6.60. The van der Waals surface area contributed by atoms with E-state index in [1.165, 1.54) is 12.1 Å². The first-order chi connectivity index (χ1) is 9.06. The fraction of sp³-hybridized carbons (Fsp3) is 0.538. The minimum absolute atomic E-state index is 0.287. The predicted molar refractivity (Wildman–Crippen MR) is 75.7 cm³/mol. The number of halogens is 2. The zero-order chi connectivity index (χ0) is 14.3. The van der Waals surface area contributed by atoms with Crippen molar-refractivity contribution >= 4 is 20.4 Å². The largest absolute Gasteiger partial charge is 0.505 e. The second-order valence-electron chi connectivity index (χ2n) is 3.89. The number of benzene rings is 1. The van der Waals surface area contributed by atoms with Crippen LogP contribution in [0.3, 0.4) is 0 Å². The zero-order valence-electron chi connectivity index (χ0n) is 11.5. The normalized spacial score (nSPS) is 11.8. The maximum absolute atomic E-state index is 13.8. The first-order valence-corrected chi connectivity index (χ1v) is 8.73. The van der Waals surface area contributed by atoms with E-state index in [2.05, 4.69) is 0 Å². The lowest BCUT2D eigenvalue weighted by atomic mass is 10.2. The Labute approximate surface area is 120 Å². The molecular formula is C13H20ClFO3Si. The molecule has 0 saturated carbocycles. The molecule has 0 spiro atoms. The minimum atomic E-state index is -2.89. The summed E-state index contributed by atoms with van der Waals surface area (Å²) in [4.78, 5) is 0. The van der Waals surface area contributed by atoms with Crippen LogP contribution < -0.4 is 0 Å². The van der Waals surface area contributed by atoms with Gasteiger partial charge >= 0.3 is 8.80 Å². The van der Waals surface area contributed by atoms with Crippen molar-refractivity contribution in [2.45, 2.75) is 26.8 Å². The van der Waals surface area contributed by atoms with Gasteiger partial charge in [-0.15, -0.1) is 0 Å². The van der Waals surface area contributed by atoms with Crippen molar-refractivity contribution < 1.29 is 17.7 Å². The van der Waals surface area contributed by atoms with Crippen molar-refractivity contribution in [3.8, 4) is 0 Å². The van der Waals surface area contributed by atoms with Crippen LogP contribution in [0.25, 0.3) is 0 Å². The summed E-state index contributed by atoms with van der Waals surface area (Å²) in [6.07, 6.45) is 0. The van der Waals surface area contributed by atoms with E-state index in [1.807, 2.05) is 20.8 Å². The Balaban J connectivity index is 3.00. The molecule has 3 nitrogen and oxygen atoms in total. The summed E-state index contributed by atoms with van der Waals surface area (Å²) in [5, 5.41) is 0.490. The van der Waals surface area contributed by atoms with E-state index in [-0.39, 0.29) is 11.9 Å². The summed E-state index contributed by atoms with van der Waals surface area (Å²) < 4.78 is 30.9. The third kappa shape index (κ3) is 4.85. The summed E-state index contributed by atoms with van der Waals surface area (Å²) in [6, 6.07) is 4.75. The van der Waals surface area contributed by atoms with Gasteiger partial charge in [0.15, 0.2) is 0 Å². The van der Waals surface area contributed by atoms with Gasteiger partial charge < -0.3 is 13.3 Å². The van der Waals surface area contributed by atoms with Crippen LogP contribution in [0.15, 0.2) is 18.2 Å². The summed E-state index contributed by atoms with van der Waals surface area (Å²) in [6.45, 7) is 7.01. The van der Waals surface area contributed by atoms with E-state index in [4.69, 9.17) is 24.9 Å². The SMILES string of the molecule is CCO[Si](Cc1cc(Cl)ccc1F)(OCC)OCC. The fourth-order valence-corrected chi connectivity index (χ4v) is 4.66. The van der Waals surface area contributed by atoms with Crippen LogP contribution in [0.4, 0.5) is 4.39 Å². The molecular weight excluding hydrogens is 287 g/mol. The van der Waals surface area contributed by atoms with Gasteiger partial charge in [0.2, 0.25) is 0 Å². The first kappa shape index (κ1) is 16.6. The molecule has 0 N–H and O–H groups in total. The molecule has 0 unspecified atom stereocenters. The van der Waals surface area contributed by atoms with Crippen molar-refractivity contribution in [3.63, 3.8) is 0 Å². The fourth-order valence-electron chi connectivity index (χ4n) is 1.85. The van der Waals surface area contributed by atoms with Crippen LogP contribution in [0.5, 0.6) is 0 Å². The zero-order valence-corrected chi connectivity index (χ0v) is 13.3. The highest BCUT2D eigenvalue weighted by atomic mass is 35.5. The van der Waals surface area contributed by atoms with E-state index in [9.17, 15) is 4.39 Å². The van der Waals surface area contributed by atoms with Gasteiger partial charge in [0.1, 0.15) is 5.82 Å². The molecule has 0 saturated heterocycles. The predicted octanol–water partition coefficient (Wildman–Crippen LogP) is 3.61. The second kappa shape index (κ2) is 7.97. The van der Waals surface area contributed by atoms with Gasteiger partial charge in [0.25, 0.3) is 0 Å². The molecule has 1 aromatic rings. The summed E-state index contributed by atoms with van der Waals surface area (Å²) in [5.41, 5.74) is 0.467. The van der Waals surface area contributed by atoms with Gasteiger partial charge in [-0.2, -0.15) is 0 Å². The van der Waals surface area contributed by atoms with E-state index in [0.29, 0.717) is 30.4 Å². The van der Waals surface area contributed by atoms with Crippen molar-refractivity contribution in [1.29, 1.82) is 0 Å². The van der Waals surface area contributed by atoms with Gasteiger partial charge in [0, 0.05) is 30.9 Å². The highest BCUT2D eigenvalue weighted by Crippen LogP contribution is 2.22. The average molecular weight is 307 g/mol. The maximum Gasteiger partial charge on any atom is 0.505 e. The van der Waals surface area contributed by atoms with E-state index >= 15 is 0 Å². The van der Waals surface area contributed by atoms with Gasteiger partial charge in [-0.05, 0) is 44.5 Å². The molecule has 1 aromatic carbocycles. The molecule has 0 atom stereocenters. The standard InChI is InChI=1S/C13H20ClFO3Si/c1-4-16-19(17-5-2,18-6-3)10-11-9-12(14)7-8-13(11)15/h7-9H,4-6,10H2,1-3H3. The molecule has 108 valence electrons. The first-order valence-electron chi connectivity index (χ1n) is 6.42. The van der Waals surface area contributed by atoms with Gasteiger partial charge in [-0.1, -0.05) is 11.6 Å². The van der Waals surface area contributed by atoms with Crippen molar-refractivity contribution in [2.75, 3.05) is 19.8 Å². The van der Waals surface area contributed by atoms with E-state index in [1.54, 1.807) is 6.07 Å². The molecule has 0 fully saturated rings. The van der Waals surface area contributed by atoms with E-state index in [0.717, 1.165) is 0 Å². The van der Waals surface area contributed by atoms with Crippen molar-refractivity contribution in [3.05, 3.63) is 34.6 Å². The maximum atomic E-state index is 13.8. The van der Waals surface area contributed by atoms with Crippen LogP contribution in [0.1, 0.15) is 26.3 Å². The third-order valence-corrected chi connectivity index (χ3v) is 5.74. The molecule has 0 heterocycles. The lowest BCUT2D eigenvalue weighted by Gasteiger charge is -2.28. The summed E-state index contributed by atoms with van der Waals surface area (Å²) >= 11 is 5.90. The summed E-state index contributed by atoms with van der Waals surface area (Å²) in [7, 11) is -2.89. The Hall–Kier alpha value is -0.463. The third-order valence-electron chi connectivity index (χ3n) is 2.51. The highest BCUT2D eigenvalue weighted by Gasteiger charge is 2.41.